The van der Waals surface area contributed by atoms with E-state index in [4.69, 9.17) is 5.26 Å². The number of nitrogens with zero attached hydrogens (tertiary/aromatic N) is 5. The maximum Gasteiger partial charge on any atom is 0.234 e. The highest BCUT2D eigenvalue weighted by atomic mass is 32.2. The van der Waals surface area contributed by atoms with Crippen molar-refractivity contribution >= 4 is 23.4 Å². The van der Waals surface area contributed by atoms with Gasteiger partial charge < -0.3 is 5.32 Å². The maximum atomic E-state index is 12.2. The van der Waals surface area contributed by atoms with E-state index in [1.54, 1.807) is 28.9 Å². The molecule has 0 atom stereocenters. The van der Waals surface area contributed by atoms with Crippen LogP contribution >= 0.6 is 11.8 Å². The fourth-order valence-corrected chi connectivity index (χ4v) is 3.06. The molecule has 1 N–H and O–H groups in total. The molecule has 0 bridgehead atoms. The maximum absolute atomic E-state index is 12.2. The quantitative estimate of drug-likeness (QED) is 0.699. The summed E-state index contributed by atoms with van der Waals surface area (Å²) in [6.45, 7) is 4.04. The highest BCUT2D eigenvalue weighted by Gasteiger charge is 2.14. The fraction of sp³-hybridized carbons (Fsp3) is 0.167. The largest absolute Gasteiger partial charge is 0.325 e. The molecule has 0 unspecified atom stereocenters. The molecule has 1 heterocycles. The Balaban J connectivity index is 1.69. The summed E-state index contributed by atoms with van der Waals surface area (Å²) in [6.07, 6.45) is 0. The van der Waals surface area contributed by atoms with Gasteiger partial charge >= 0.3 is 0 Å². The Bertz CT molecular complexity index is 991. The first kappa shape index (κ1) is 17.6. The third-order valence-corrected chi connectivity index (χ3v) is 4.77. The topological polar surface area (TPSA) is 96.5 Å². The molecule has 0 fully saturated rings. The van der Waals surface area contributed by atoms with Crippen molar-refractivity contribution < 1.29 is 4.79 Å². The normalized spacial score (nSPS) is 10.3. The molecule has 7 nitrogen and oxygen atoms in total. The highest BCUT2D eigenvalue weighted by Crippen LogP contribution is 2.22. The van der Waals surface area contributed by atoms with E-state index >= 15 is 0 Å². The van der Waals surface area contributed by atoms with E-state index in [9.17, 15) is 4.79 Å². The lowest BCUT2D eigenvalue weighted by Crippen LogP contribution is -2.14. The van der Waals surface area contributed by atoms with Crippen LogP contribution in [0.25, 0.3) is 5.69 Å². The molecule has 1 aromatic heterocycles. The van der Waals surface area contributed by atoms with Crippen LogP contribution in [0.4, 0.5) is 5.69 Å². The number of nitrogens with one attached hydrogen (secondary N) is 1. The van der Waals surface area contributed by atoms with Gasteiger partial charge in [0.2, 0.25) is 11.1 Å². The molecule has 3 rings (SSSR count). The summed E-state index contributed by atoms with van der Waals surface area (Å²) in [5, 5.41) is 24.0. The number of nitriles is 1. The Morgan fingerprint density at radius 1 is 1.27 bits per heavy atom. The van der Waals surface area contributed by atoms with Gasteiger partial charge in [-0.25, -0.2) is 0 Å². The molecule has 0 radical (unpaired) electrons. The van der Waals surface area contributed by atoms with Crippen LogP contribution in [0.2, 0.25) is 0 Å². The molecular formula is C18H16N6OS. The zero-order valence-electron chi connectivity index (χ0n) is 14.3. The molecule has 2 aromatic carbocycles. The number of carbonyl (C=O) groups excluding carboxylic acids is 1. The molecule has 0 aliphatic rings. The third kappa shape index (κ3) is 3.90. The summed E-state index contributed by atoms with van der Waals surface area (Å²) in [4.78, 5) is 12.2. The highest BCUT2D eigenvalue weighted by molar-refractivity contribution is 7.99. The lowest BCUT2D eigenvalue weighted by Gasteiger charge is -2.09. The second-order valence-electron chi connectivity index (χ2n) is 5.62. The number of aromatic nitrogens is 4. The van der Waals surface area contributed by atoms with Gasteiger partial charge in [0.05, 0.1) is 23.1 Å². The van der Waals surface area contributed by atoms with Gasteiger partial charge in [-0.05, 0) is 59.7 Å². The van der Waals surface area contributed by atoms with Crippen LogP contribution in [0, 0.1) is 25.2 Å². The summed E-state index contributed by atoms with van der Waals surface area (Å²) in [6, 6.07) is 14.7. The van der Waals surface area contributed by atoms with E-state index in [1.165, 1.54) is 11.8 Å². The van der Waals surface area contributed by atoms with Gasteiger partial charge in [-0.3, -0.25) is 4.79 Å². The number of aryl methyl sites for hydroxylation is 1. The molecule has 0 saturated carbocycles. The molecule has 0 aliphatic carbocycles. The number of hydrogen-bond acceptors (Lipinski definition) is 6. The number of carbonyl (C=O) groups is 1. The minimum atomic E-state index is -0.194. The van der Waals surface area contributed by atoms with Crippen LogP contribution in [0.15, 0.2) is 47.6 Å². The summed E-state index contributed by atoms with van der Waals surface area (Å²) < 4.78 is 1.64. The van der Waals surface area contributed by atoms with Gasteiger partial charge in [0, 0.05) is 5.69 Å². The zero-order valence-corrected chi connectivity index (χ0v) is 15.1. The number of tetrazole rings is 1. The van der Waals surface area contributed by atoms with E-state index < -0.39 is 0 Å². The van der Waals surface area contributed by atoms with Crippen LogP contribution < -0.4 is 5.32 Å². The average Bonchev–Trinajstić information content (AvgIpc) is 3.11. The van der Waals surface area contributed by atoms with Crippen molar-refractivity contribution in [2.24, 2.45) is 0 Å². The summed E-state index contributed by atoms with van der Waals surface area (Å²) in [5.41, 5.74) is 4.20. The van der Waals surface area contributed by atoms with E-state index in [2.05, 4.69) is 20.8 Å². The van der Waals surface area contributed by atoms with Crippen molar-refractivity contribution in [3.05, 3.63) is 59.2 Å². The van der Waals surface area contributed by atoms with Crippen molar-refractivity contribution in [2.45, 2.75) is 19.0 Å². The minimum absolute atomic E-state index is 0.155. The van der Waals surface area contributed by atoms with Crippen molar-refractivity contribution in [1.82, 2.24) is 20.2 Å². The number of benzene rings is 2. The average molecular weight is 364 g/mol. The van der Waals surface area contributed by atoms with Crippen molar-refractivity contribution in [3.63, 3.8) is 0 Å². The third-order valence-electron chi connectivity index (χ3n) is 3.85. The summed E-state index contributed by atoms with van der Waals surface area (Å²) >= 11 is 1.25. The van der Waals surface area contributed by atoms with E-state index in [-0.39, 0.29) is 11.7 Å². The molecule has 0 saturated heterocycles. The summed E-state index contributed by atoms with van der Waals surface area (Å²) in [7, 11) is 0. The van der Waals surface area contributed by atoms with Gasteiger partial charge in [-0.1, -0.05) is 30.0 Å². The Morgan fingerprint density at radius 2 is 2.08 bits per heavy atom. The van der Waals surface area contributed by atoms with Crippen molar-refractivity contribution in [3.8, 4) is 11.8 Å². The Labute approximate surface area is 155 Å². The Morgan fingerprint density at radius 3 is 2.88 bits per heavy atom. The van der Waals surface area contributed by atoms with Gasteiger partial charge in [0.15, 0.2) is 0 Å². The zero-order chi connectivity index (χ0) is 18.5. The Kier molecular flexibility index (Phi) is 5.29. The first-order valence-electron chi connectivity index (χ1n) is 7.86. The molecule has 0 spiro atoms. The molecule has 3 aromatic rings. The second kappa shape index (κ2) is 7.80. The van der Waals surface area contributed by atoms with Crippen molar-refractivity contribution in [2.75, 3.05) is 11.1 Å². The van der Waals surface area contributed by atoms with E-state index in [1.807, 2.05) is 38.1 Å². The van der Waals surface area contributed by atoms with Gasteiger partial charge in [-0.15, -0.1) is 5.10 Å². The predicted octanol–water partition coefficient (Wildman–Crippen LogP) is 2.88. The standard InChI is InChI=1S/C18H16N6OS/c1-12-5-3-8-16(13(12)2)24-18(21-22-23-24)26-11-17(25)20-15-7-4-6-14(9-15)10-19/h3-9H,11H2,1-2H3,(H,20,25). The van der Waals surface area contributed by atoms with Crippen LogP contribution in [-0.4, -0.2) is 31.9 Å². The lowest BCUT2D eigenvalue weighted by atomic mass is 10.1. The van der Waals surface area contributed by atoms with E-state index in [0.29, 0.717) is 16.4 Å². The van der Waals surface area contributed by atoms with Crippen LogP contribution in [-0.2, 0) is 4.79 Å². The molecule has 8 heteroatoms. The number of anilines is 1. The number of hydrogen-bond donors (Lipinski definition) is 1. The van der Waals surface area contributed by atoms with Gasteiger partial charge in [0.25, 0.3) is 0 Å². The first-order valence-corrected chi connectivity index (χ1v) is 8.85. The SMILES string of the molecule is Cc1cccc(-n2nnnc2SCC(=O)Nc2cccc(C#N)c2)c1C. The number of rotatable bonds is 5. The lowest BCUT2D eigenvalue weighted by molar-refractivity contribution is -0.113. The van der Waals surface area contributed by atoms with Crippen LogP contribution in [0.1, 0.15) is 16.7 Å². The van der Waals surface area contributed by atoms with E-state index in [0.717, 1.165) is 16.8 Å². The summed E-state index contributed by atoms with van der Waals surface area (Å²) in [5.74, 6) is -0.0391. The number of thioether (sulfide) groups is 1. The number of amides is 1. The van der Waals surface area contributed by atoms with Gasteiger partial charge in [0.1, 0.15) is 0 Å². The Hall–Kier alpha value is -3.18. The molecular weight excluding hydrogens is 348 g/mol. The van der Waals surface area contributed by atoms with Crippen LogP contribution in [0.3, 0.4) is 0 Å². The molecule has 130 valence electrons. The minimum Gasteiger partial charge on any atom is -0.325 e. The van der Waals surface area contributed by atoms with Crippen LogP contribution in [0.5, 0.6) is 0 Å². The smallest absolute Gasteiger partial charge is 0.234 e. The monoisotopic (exact) mass is 364 g/mol. The first-order chi connectivity index (χ1) is 12.6. The molecule has 1 amide bonds. The second-order valence-corrected chi connectivity index (χ2v) is 6.56. The molecule has 0 aliphatic heterocycles. The molecule has 26 heavy (non-hydrogen) atoms. The van der Waals surface area contributed by atoms with Crippen molar-refractivity contribution in [1.29, 1.82) is 5.26 Å². The predicted molar refractivity (Wildman–Crippen MR) is 99.1 cm³/mol. The fourth-order valence-electron chi connectivity index (χ4n) is 2.38. The van der Waals surface area contributed by atoms with Gasteiger partial charge in [-0.2, -0.15) is 9.94 Å².